The number of unbranched alkanes of at least 4 members (excludes halogenated alkanes) is 2. The summed E-state index contributed by atoms with van der Waals surface area (Å²) in [5.74, 6) is -0.789. The first-order chi connectivity index (χ1) is 24.3. The molecule has 0 aliphatic carbocycles. The van der Waals surface area contributed by atoms with Crippen molar-refractivity contribution >= 4 is 29.5 Å². The van der Waals surface area contributed by atoms with E-state index >= 15 is 0 Å². The molecule has 3 atom stereocenters. The first-order valence-corrected chi connectivity index (χ1v) is 17.7. The van der Waals surface area contributed by atoms with Crippen LogP contribution in [0.25, 0.3) is 11.1 Å². The second kappa shape index (κ2) is 18.5. The van der Waals surface area contributed by atoms with Gasteiger partial charge in [-0.3, -0.25) is 14.8 Å². The number of ether oxygens (including phenoxy) is 2. The Morgan fingerprint density at radius 2 is 1.46 bits per heavy atom. The average Bonchev–Trinajstić information content (AvgIpc) is 3.16. The molecule has 1 heterocycles. The Morgan fingerprint density at radius 1 is 0.760 bits per heavy atom. The van der Waals surface area contributed by atoms with E-state index in [0.717, 1.165) is 44.7 Å². The Hall–Kier alpha value is -4.52. The first-order valence-electron chi connectivity index (χ1n) is 16.7. The van der Waals surface area contributed by atoms with Crippen LogP contribution < -0.4 is 10.8 Å². The summed E-state index contributed by atoms with van der Waals surface area (Å²) in [7, 11) is 0. The smallest absolute Gasteiger partial charge is 0.335 e. The van der Waals surface area contributed by atoms with Crippen LogP contribution in [0.15, 0.2) is 102 Å². The third-order valence-electron chi connectivity index (χ3n) is 8.49. The minimum Gasteiger partial charge on any atom is -0.478 e. The van der Waals surface area contributed by atoms with Gasteiger partial charge in [0, 0.05) is 42.0 Å². The summed E-state index contributed by atoms with van der Waals surface area (Å²) < 4.78 is 13.1. The minimum absolute atomic E-state index is 0.0348. The van der Waals surface area contributed by atoms with Crippen molar-refractivity contribution in [3.05, 3.63) is 125 Å². The molecule has 4 aromatic rings. The molecule has 4 aromatic carbocycles. The maximum atomic E-state index is 12.4. The van der Waals surface area contributed by atoms with E-state index in [4.69, 9.17) is 14.7 Å². The van der Waals surface area contributed by atoms with Crippen LogP contribution >= 0.6 is 11.8 Å². The average molecular weight is 699 g/mol. The molecule has 2 amide bonds. The third kappa shape index (κ3) is 10.7. The fourth-order valence-electron chi connectivity index (χ4n) is 5.72. The Balaban J connectivity index is 1.25. The van der Waals surface area contributed by atoms with Crippen molar-refractivity contribution in [2.75, 3.05) is 5.75 Å². The number of thioether (sulfide) groups is 1. The zero-order valence-electron chi connectivity index (χ0n) is 27.6. The van der Waals surface area contributed by atoms with E-state index in [-0.39, 0.29) is 36.7 Å². The van der Waals surface area contributed by atoms with Crippen LogP contribution in [0.1, 0.15) is 83.5 Å². The molecule has 0 bridgehead atoms. The standard InChI is InChI=1S/C39H42N2O8S/c42-24-26-12-14-28(15-13-26)35-22-33(25-50-34-18-16-29(17-19-34)38(45)46)48-39(49-35)32-9-5-8-31(21-32)30-7-4-6-27(20-30)23-40-36(43)10-2-1-3-11-37(44)41-47/h4-9,12-21,33,35,39,42,47H,1-3,10-11,22-25H2,(H,40,43)(H,41,44)(H,45,46)/t33-,35+,39+/m1/s1. The summed E-state index contributed by atoms with van der Waals surface area (Å²) in [6, 6.07) is 30.6. The van der Waals surface area contributed by atoms with Crippen LogP contribution in [0, 0.1) is 0 Å². The molecule has 1 aliphatic rings. The van der Waals surface area contributed by atoms with Crippen molar-refractivity contribution in [2.45, 2.75) is 75.1 Å². The molecule has 0 aromatic heterocycles. The minimum atomic E-state index is -0.958. The predicted octanol–water partition coefficient (Wildman–Crippen LogP) is 6.95. The quantitative estimate of drug-likeness (QED) is 0.0362. The first kappa shape index (κ1) is 36.8. The molecule has 50 heavy (non-hydrogen) atoms. The van der Waals surface area contributed by atoms with Crippen LogP contribution in [-0.2, 0) is 32.2 Å². The van der Waals surface area contributed by atoms with E-state index < -0.39 is 18.2 Å². The maximum Gasteiger partial charge on any atom is 0.335 e. The molecule has 1 aliphatic heterocycles. The highest BCUT2D eigenvalue weighted by molar-refractivity contribution is 7.99. The largest absolute Gasteiger partial charge is 0.478 e. The number of aliphatic hydroxyl groups excluding tert-OH is 1. The van der Waals surface area contributed by atoms with E-state index in [9.17, 15) is 24.6 Å². The number of hydrogen-bond donors (Lipinski definition) is 5. The number of carboxylic acid groups (broad SMARTS) is 1. The van der Waals surface area contributed by atoms with Gasteiger partial charge in [-0.15, -0.1) is 11.8 Å². The molecule has 0 spiro atoms. The molecule has 0 saturated carbocycles. The van der Waals surface area contributed by atoms with Crippen LogP contribution in [-0.4, -0.2) is 45.1 Å². The van der Waals surface area contributed by atoms with Crippen LogP contribution in [0.3, 0.4) is 0 Å². The van der Waals surface area contributed by atoms with Gasteiger partial charge in [0.1, 0.15) is 0 Å². The van der Waals surface area contributed by atoms with Gasteiger partial charge in [0.2, 0.25) is 11.8 Å². The van der Waals surface area contributed by atoms with Gasteiger partial charge in [0.05, 0.1) is 24.4 Å². The molecule has 262 valence electrons. The highest BCUT2D eigenvalue weighted by Crippen LogP contribution is 2.40. The Labute approximate surface area is 295 Å². The molecule has 11 heteroatoms. The number of carboxylic acids is 1. The molecule has 0 unspecified atom stereocenters. The van der Waals surface area contributed by atoms with Gasteiger partial charge in [0.25, 0.3) is 0 Å². The topological polar surface area (TPSA) is 154 Å². The van der Waals surface area contributed by atoms with Crippen molar-refractivity contribution < 1.29 is 39.3 Å². The number of rotatable bonds is 16. The molecule has 0 radical (unpaired) electrons. The highest BCUT2D eigenvalue weighted by atomic mass is 32.2. The van der Waals surface area contributed by atoms with E-state index in [1.54, 1.807) is 29.4 Å². The van der Waals surface area contributed by atoms with Crippen LogP contribution in [0.5, 0.6) is 0 Å². The van der Waals surface area contributed by atoms with Gasteiger partial charge in [-0.25, -0.2) is 10.3 Å². The summed E-state index contributed by atoms with van der Waals surface area (Å²) in [6.07, 6.45) is 2.20. The van der Waals surface area contributed by atoms with Gasteiger partial charge in [-0.05, 0) is 77.1 Å². The summed E-state index contributed by atoms with van der Waals surface area (Å²) in [5, 5.41) is 30.3. The normalized spacial score (nSPS) is 17.2. The summed E-state index contributed by atoms with van der Waals surface area (Å²) >= 11 is 1.60. The van der Waals surface area contributed by atoms with Crippen molar-refractivity contribution in [3.8, 4) is 11.1 Å². The molecule has 1 saturated heterocycles. The Bertz CT molecular complexity index is 1730. The second-order valence-corrected chi connectivity index (χ2v) is 13.3. The summed E-state index contributed by atoms with van der Waals surface area (Å²) in [5.41, 5.74) is 7.49. The van der Waals surface area contributed by atoms with Gasteiger partial charge in [0.15, 0.2) is 6.29 Å². The lowest BCUT2D eigenvalue weighted by Crippen LogP contribution is -2.31. The number of carbonyl (C=O) groups is 3. The molecular formula is C39H42N2O8S. The number of nitrogens with one attached hydrogen (secondary N) is 2. The van der Waals surface area contributed by atoms with Gasteiger partial charge < -0.3 is 25.0 Å². The number of aromatic carboxylic acids is 1. The number of amides is 2. The Morgan fingerprint density at radius 3 is 2.16 bits per heavy atom. The molecule has 1 fully saturated rings. The zero-order valence-corrected chi connectivity index (χ0v) is 28.4. The van der Waals surface area contributed by atoms with E-state index in [2.05, 4.69) is 17.4 Å². The number of hydrogen-bond acceptors (Lipinski definition) is 8. The molecule has 10 nitrogen and oxygen atoms in total. The highest BCUT2D eigenvalue weighted by Gasteiger charge is 2.32. The van der Waals surface area contributed by atoms with Crippen LogP contribution in [0.4, 0.5) is 0 Å². The SMILES string of the molecule is O=C(CCCCCC(=O)NCc1cccc(-c2cccc([C@H]3O[C@@H](CSc4ccc(C(=O)O)cc4)C[C@@H](c4ccc(CO)cc4)O3)c2)c1)NO. The maximum absolute atomic E-state index is 12.4. The number of carbonyl (C=O) groups excluding carboxylic acids is 2. The van der Waals surface area contributed by atoms with Gasteiger partial charge in [-0.1, -0.05) is 67.1 Å². The summed E-state index contributed by atoms with van der Waals surface area (Å²) in [6.45, 7) is 0.357. The fraction of sp³-hybridized carbons (Fsp3) is 0.308. The predicted molar refractivity (Wildman–Crippen MR) is 189 cm³/mol. The molecule has 5 N–H and O–H groups in total. The fourth-order valence-corrected chi connectivity index (χ4v) is 6.65. The third-order valence-corrected chi connectivity index (χ3v) is 9.64. The van der Waals surface area contributed by atoms with Crippen molar-refractivity contribution in [1.82, 2.24) is 10.8 Å². The molecular weight excluding hydrogens is 657 g/mol. The second-order valence-electron chi connectivity index (χ2n) is 12.2. The zero-order chi connectivity index (χ0) is 35.3. The van der Waals surface area contributed by atoms with Gasteiger partial charge in [-0.2, -0.15) is 0 Å². The number of aliphatic hydroxyl groups is 1. The lowest BCUT2D eigenvalue weighted by atomic mass is 9.99. The van der Waals surface area contributed by atoms with E-state index in [0.29, 0.717) is 38.0 Å². The van der Waals surface area contributed by atoms with Crippen LogP contribution in [0.2, 0.25) is 0 Å². The lowest BCUT2D eigenvalue weighted by molar-refractivity contribution is -0.245. The van der Waals surface area contributed by atoms with Gasteiger partial charge >= 0.3 is 5.97 Å². The molecule has 5 rings (SSSR count). The Kier molecular flexibility index (Phi) is 13.6. The van der Waals surface area contributed by atoms with Crippen molar-refractivity contribution in [1.29, 1.82) is 0 Å². The summed E-state index contributed by atoms with van der Waals surface area (Å²) in [4.78, 5) is 35.7. The van der Waals surface area contributed by atoms with Crippen molar-refractivity contribution in [2.24, 2.45) is 0 Å². The number of hydroxylamine groups is 1. The van der Waals surface area contributed by atoms with E-state index in [1.165, 1.54) is 0 Å². The lowest BCUT2D eigenvalue weighted by Gasteiger charge is -2.36. The van der Waals surface area contributed by atoms with E-state index in [1.807, 2.05) is 72.8 Å². The number of benzene rings is 4. The monoisotopic (exact) mass is 698 g/mol. The van der Waals surface area contributed by atoms with Crippen molar-refractivity contribution in [3.63, 3.8) is 0 Å².